The van der Waals surface area contributed by atoms with E-state index in [2.05, 4.69) is 49.8 Å². The van der Waals surface area contributed by atoms with E-state index >= 15 is 0 Å². The second kappa shape index (κ2) is 38.1. The van der Waals surface area contributed by atoms with Gasteiger partial charge in [0, 0.05) is 32.2 Å². The van der Waals surface area contributed by atoms with Gasteiger partial charge in [-0.1, -0.05) is 13.8 Å². The molecule has 11 atom stereocenters. The number of carbonyl (C=O) groups excluding carboxylic acids is 12. The lowest BCUT2D eigenvalue weighted by molar-refractivity contribution is -0.146. The van der Waals surface area contributed by atoms with Gasteiger partial charge in [-0.25, -0.2) is 4.79 Å². The van der Waals surface area contributed by atoms with Crippen molar-refractivity contribution in [2.24, 2.45) is 17.4 Å². The Labute approximate surface area is 500 Å². The van der Waals surface area contributed by atoms with Gasteiger partial charge in [-0.15, -0.1) is 0 Å². The fourth-order valence-electron chi connectivity index (χ4n) is 8.17. The van der Waals surface area contributed by atoms with Crippen molar-refractivity contribution >= 4 is 113 Å². The summed E-state index contributed by atoms with van der Waals surface area (Å²) in [6.45, 7) is 0.563. The number of aliphatic hydroxyl groups is 3. The zero-order chi connectivity index (χ0) is 66.4. The summed E-state index contributed by atoms with van der Waals surface area (Å²) in [5.74, 6) is -21.9. The third-order valence-electron chi connectivity index (χ3n) is 12.4. The summed E-state index contributed by atoms with van der Waals surface area (Å²) < 4.78 is 0. The van der Waals surface area contributed by atoms with Crippen molar-refractivity contribution in [3.63, 3.8) is 0 Å². The van der Waals surface area contributed by atoms with E-state index in [0.717, 1.165) is 11.8 Å². The Morgan fingerprint density at radius 3 is 1.31 bits per heavy atom. The Morgan fingerprint density at radius 1 is 0.529 bits per heavy atom. The van der Waals surface area contributed by atoms with E-state index in [9.17, 15) is 107 Å². The van der Waals surface area contributed by atoms with Crippen molar-refractivity contribution in [3.05, 3.63) is 0 Å². The summed E-state index contributed by atoms with van der Waals surface area (Å²) in [7, 11) is 0. The molecular formula is C48H77N15O23S. The summed E-state index contributed by atoms with van der Waals surface area (Å²) in [5.41, 5.74) is 10.5. The van der Waals surface area contributed by atoms with E-state index in [1.165, 1.54) is 0 Å². The number of primary amides is 1. The maximum absolute atomic E-state index is 14.0. The molecule has 0 aliphatic carbocycles. The second-order valence-electron chi connectivity index (χ2n) is 20.0. The van der Waals surface area contributed by atoms with Crippen LogP contribution in [0.25, 0.3) is 0 Å². The van der Waals surface area contributed by atoms with Crippen molar-refractivity contribution in [2.75, 3.05) is 38.7 Å². The normalized spacial score (nSPS) is 16.1. The number of carboxylic acid groups (broad SMARTS) is 4. The van der Waals surface area contributed by atoms with Crippen LogP contribution in [0.5, 0.6) is 0 Å². The number of carbonyl (C=O) groups is 16. The van der Waals surface area contributed by atoms with Crippen LogP contribution in [0, 0.1) is 11.3 Å². The van der Waals surface area contributed by atoms with Crippen molar-refractivity contribution in [3.8, 4) is 0 Å². The third-order valence-corrected chi connectivity index (χ3v) is 12.8. The number of aliphatic carboxylic acids is 4. The smallest absolute Gasteiger partial charge is 0.326 e. The summed E-state index contributed by atoms with van der Waals surface area (Å²) in [4.78, 5) is 206. The van der Waals surface area contributed by atoms with E-state index < -0.39 is 225 Å². The molecule has 23 N–H and O–H groups in total. The zero-order valence-electron chi connectivity index (χ0n) is 47.5. The molecule has 38 nitrogen and oxygen atoms in total. The van der Waals surface area contributed by atoms with Crippen LogP contribution in [0.1, 0.15) is 85.0 Å². The van der Waals surface area contributed by atoms with E-state index in [1.54, 1.807) is 13.8 Å². The van der Waals surface area contributed by atoms with E-state index in [0.29, 0.717) is 0 Å². The monoisotopic (exact) mass is 1260 g/mol. The Kier molecular flexibility index (Phi) is 33.3. The first kappa shape index (κ1) is 76.0. The van der Waals surface area contributed by atoms with Gasteiger partial charge in [0.1, 0.15) is 66.5 Å². The predicted octanol–water partition coefficient (Wildman–Crippen LogP) is -10.2. The van der Waals surface area contributed by atoms with E-state index in [1.807, 2.05) is 21.3 Å². The number of nitrogens with two attached hydrogens (primary N) is 2. The van der Waals surface area contributed by atoms with Crippen molar-refractivity contribution in [2.45, 2.75) is 151 Å². The quantitative estimate of drug-likeness (QED) is 0.0117. The van der Waals surface area contributed by atoms with Gasteiger partial charge in [-0.05, 0) is 44.4 Å². The van der Waals surface area contributed by atoms with Gasteiger partial charge in [0.2, 0.25) is 70.9 Å². The highest BCUT2D eigenvalue weighted by molar-refractivity contribution is 7.80. The maximum atomic E-state index is 14.0. The van der Waals surface area contributed by atoms with Gasteiger partial charge in [-0.3, -0.25) is 77.3 Å². The number of guanidine groups is 1. The minimum Gasteiger partial charge on any atom is -0.481 e. The number of rotatable bonds is 40. The minimum atomic E-state index is -2.09. The molecule has 0 unspecified atom stereocenters. The molecule has 0 aromatic carbocycles. The molecule has 0 bridgehead atoms. The molecule has 488 valence electrons. The average molecular weight is 1260 g/mol. The molecule has 87 heavy (non-hydrogen) atoms. The molecule has 1 aliphatic rings. The predicted molar refractivity (Wildman–Crippen MR) is 296 cm³/mol. The van der Waals surface area contributed by atoms with Gasteiger partial charge in [0.15, 0.2) is 5.96 Å². The summed E-state index contributed by atoms with van der Waals surface area (Å²) in [5, 5.41) is 98.8. The van der Waals surface area contributed by atoms with Gasteiger partial charge in [0.25, 0.3) is 0 Å². The van der Waals surface area contributed by atoms with E-state index in [4.69, 9.17) is 22.0 Å². The topological polar surface area (TPSA) is 626 Å². The second-order valence-corrected chi connectivity index (χ2v) is 20.3. The molecule has 1 heterocycles. The number of aliphatic hydroxyl groups excluding tert-OH is 3. The van der Waals surface area contributed by atoms with Gasteiger partial charge in [-0.2, -0.15) is 12.6 Å². The number of hydrogen-bond donors (Lipinski definition) is 22. The molecule has 0 aromatic heterocycles. The number of nitrogens with one attached hydrogen (secondary N) is 12. The molecular weight excluding hydrogens is 1190 g/mol. The van der Waals surface area contributed by atoms with Crippen molar-refractivity contribution in [1.29, 1.82) is 5.41 Å². The van der Waals surface area contributed by atoms with Crippen LogP contribution in [0.3, 0.4) is 0 Å². The number of amides is 12. The van der Waals surface area contributed by atoms with Gasteiger partial charge in [0.05, 0.1) is 39.1 Å². The minimum absolute atomic E-state index is 0.0443. The third kappa shape index (κ3) is 27.7. The van der Waals surface area contributed by atoms with E-state index in [-0.39, 0.29) is 51.1 Å². The highest BCUT2D eigenvalue weighted by Crippen LogP contribution is 2.21. The molecule has 0 saturated carbocycles. The van der Waals surface area contributed by atoms with Crippen LogP contribution < -0.4 is 70.0 Å². The Morgan fingerprint density at radius 2 is 0.931 bits per heavy atom. The first-order chi connectivity index (χ1) is 40.7. The van der Waals surface area contributed by atoms with Gasteiger partial charge >= 0.3 is 23.9 Å². The summed E-state index contributed by atoms with van der Waals surface area (Å²) in [6.07, 6.45) is -4.17. The Hall–Kier alpha value is -8.98. The highest BCUT2D eigenvalue weighted by Gasteiger charge is 2.41. The number of nitrogens with zero attached hydrogens (tertiary/aromatic N) is 1. The van der Waals surface area contributed by atoms with Crippen LogP contribution in [0.2, 0.25) is 0 Å². The van der Waals surface area contributed by atoms with Crippen molar-refractivity contribution in [1.82, 2.24) is 63.4 Å². The molecule has 1 fully saturated rings. The van der Waals surface area contributed by atoms with Crippen LogP contribution >= 0.6 is 12.6 Å². The fourth-order valence-corrected chi connectivity index (χ4v) is 8.42. The Balaban J connectivity index is 3.24. The molecule has 0 spiro atoms. The van der Waals surface area contributed by atoms with Crippen LogP contribution in [0.4, 0.5) is 0 Å². The first-order valence-corrected chi connectivity index (χ1v) is 27.3. The van der Waals surface area contributed by atoms with Crippen molar-refractivity contribution < 1.29 is 112 Å². The SMILES string of the molecule is CC(=O)N[C@@H](CCCNC(=N)N)C(=O)N[C@@H](CC(=O)O)C(=O)N[C@@H](CO)C(=O)N[C@@H](CO)C(=O)N[C@@H](CC(N)=O)C(=O)N[C@@H](CO)C(=O)N[C@@H](CS)C(=O)N[C@@H](CC(=O)O)C(=O)N[C@@H](CC(C)C)C(=O)N1CCC[C@H]1C(=O)N[C@@H](CCC(=O)O)C(=O)O. The molecule has 1 rings (SSSR count). The van der Waals surface area contributed by atoms with Gasteiger partial charge < -0.3 is 111 Å². The molecule has 12 amide bonds. The maximum Gasteiger partial charge on any atom is 0.326 e. The number of thiol groups is 1. The molecule has 0 radical (unpaired) electrons. The molecule has 1 saturated heterocycles. The molecule has 39 heteroatoms. The number of hydrogen-bond acceptors (Lipinski definition) is 21. The number of likely N-dealkylation sites (tertiary alicyclic amines) is 1. The van der Waals surface area contributed by atoms with Crippen LogP contribution in [-0.4, -0.2) is 246 Å². The molecule has 0 aromatic rings. The average Bonchev–Trinajstić information content (AvgIpc) is 3.09. The summed E-state index contributed by atoms with van der Waals surface area (Å²) in [6, 6.07) is -19.7. The largest absolute Gasteiger partial charge is 0.481 e. The number of carboxylic acids is 4. The van der Waals surface area contributed by atoms with Crippen LogP contribution in [-0.2, 0) is 76.7 Å². The van der Waals surface area contributed by atoms with Crippen LogP contribution in [0.15, 0.2) is 0 Å². The fraction of sp³-hybridized carbons (Fsp3) is 0.646. The zero-order valence-corrected chi connectivity index (χ0v) is 48.3. The summed E-state index contributed by atoms with van der Waals surface area (Å²) >= 11 is 4.02. The lowest BCUT2D eigenvalue weighted by Gasteiger charge is -2.31. The first-order valence-electron chi connectivity index (χ1n) is 26.7. The standard InChI is InChI=1S/C48H77N15O23S/c1-20(2)12-27(46(84)63-11-5-7-32(63)45(83)54-23(47(85)86)8-9-34(69)70)58-39(77)25(14-35(71)72)57-44(82)31(19-87)62-43(81)30(18-66)59-38(76)24(13-33(49)68)55-41(79)28(16-64)61-42(80)29(17-65)60-40(78)26(15-36(73)74)56-37(75)22(53-21(3)67)6-4-10-52-48(50)51/h20,22-32,64-66,87H,4-19H2,1-3H3,(H2,49,68)(H,53,67)(H,54,83)(H,55,79)(H,56,75)(H,57,82)(H,58,77)(H,59,76)(H,60,78)(H,61,80)(H,62,81)(H,69,70)(H,71,72)(H,73,74)(H,85,86)(H4,50,51,52)/t22-,23-,24-,25-,26-,27-,28-,29-,30-,31-,32-/m0/s1. The Bertz CT molecular complexity index is 2540. The molecule has 1 aliphatic heterocycles. The lowest BCUT2D eigenvalue weighted by atomic mass is 10.0. The lowest BCUT2D eigenvalue weighted by Crippen LogP contribution is -2.62. The highest BCUT2D eigenvalue weighted by atomic mass is 32.1.